The molecule has 0 saturated heterocycles. The SMILES string of the molecule is CC(C)(C)n1cc(CNCc2ccccc2Cl)cn1. The maximum Gasteiger partial charge on any atom is 0.0543 e. The number of nitrogens with one attached hydrogen (secondary N) is 1. The minimum absolute atomic E-state index is 0.0288. The molecule has 0 spiro atoms. The summed E-state index contributed by atoms with van der Waals surface area (Å²) in [5.74, 6) is 0. The van der Waals surface area contributed by atoms with Crippen LogP contribution in [-0.2, 0) is 18.6 Å². The van der Waals surface area contributed by atoms with Crippen molar-refractivity contribution in [2.45, 2.75) is 39.4 Å². The van der Waals surface area contributed by atoms with E-state index in [0.29, 0.717) is 0 Å². The van der Waals surface area contributed by atoms with Crippen LogP contribution in [0.4, 0.5) is 0 Å². The fourth-order valence-corrected chi connectivity index (χ4v) is 2.00. The standard InChI is InChI=1S/C15H20ClN3/c1-15(2,3)19-11-12(9-18-19)8-17-10-13-6-4-5-7-14(13)16/h4-7,9,11,17H,8,10H2,1-3H3. The van der Waals surface area contributed by atoms with Crippen molar-refractivity contribution in [3.8, 4) is 0 Å². The Morgan fingerprint density at radius 2 is 1.95 bits per heavy atom. The van der Waals surface area contributed by atoms with E-state index in [1.165, 1.54) is 5.56 Å². The molecule has 3 nitrogen and oxygen atoms in total. The van der Waals surface area contributed by atoms with Crippen LogP contribution in [0, 0.1) is 0 Å². The van der Waals surface area contributed by atoms with Gasteiger partial charge in [-0.25, -0.2) is 0 Å². The van der Waals surface area contributed by atoms with E-state index < -0.39 is 0 Å². The predicted molar refractivity (Wildman–Crippen MR) is 79.2 cm³/mol. The lowest BCUT2D eigenvalue weighted by molar-refractivity contribution is 0.355. The summed E-state index contributed by atoms with van der Waals surface area (Å²) in [5.41, 5.74) is 2.33. The molecule has 2 rings (SSSR count). The van der Waals surface area contributed by atoms with E-state index in [0.717, 1.165) is 23.7 Å². The monoisotopic (exact) mass is 277 g/mol. The number of aromatic nitrogens is 2. The van der Waals surface area contributed by atoms with Crippen LogP contribution >= 0.6 is 11.6 Å². The predicted octanol–water partition coefficient (Wildman–Crippen LogP) is 3.58. The first-order valence-corrected chi connectivity index (χ1v) is 6.83. The van der Waals surface area contributed by atoms with E-state index >= 15 is 0 Å². The van der Waals surface area contributed by atoms with Gasteiger partial charge >= 0.3 is 0 Å². The number of hydrogen-bond acceptors (Lipinski definition) is 2. The Bertz CT molecular complexity index is 540. The molecule has 0 bridgehead atoms. The van der Waals surface area contributed by atoms with Gasteiger partial charge in [0, 0.05) is 29.9 Å². The van der Waals surface area contributed by atoms with Crippen LogP contribution < -0.4 is 5.32 Å². The van der Waals surface area contributed by atoms with E-state index in [1.54, 1.807) is 0 Å². The van der Waals surface area contributed by atoms with Crippen LogP contribution in [0.5, 0.6) is 0 Å². The van der Waals surface area contributed by atoms with Gasteiger partial charge in [0.05, 0.1) is 11.7 Å². The van der Waals surface area contributed by atoms with Crippen molar-refractivity contribution in [1.29, 1.82) is 0 Å². The van der Waals surface area contributed by atoms with E-state index in [-0.39, 0.29) is 5.54 Å². The Hall–Kier alpha value is -1.32. The summed E-state index contributed by atoms with van der Waals surface area (Å²) in [4.78, 5) is 0. The molecule has 4 heteroatoms. The first kappa shape index (κ1) is 14.1. The lowest BCUT2D eigenvalue weighted by Crippen LogP contribution is -2.22. The van der Waals surface area contributed by atoms with Gasteiger partial charge in [0.1, 0.15) is 0 Å². The van der Waals surface area contributed by atoms with E-state index in [2.05, 4.69) is 37.4 Å². The minimum atomic E-state index is 0.0288. The molecule has 1 aromatic carbocycles. The summed E-state index contributed by atoms with van der Waals surface area (Å²) in [6.45, 7) is 7.98. The molecule has 0 aliphatic carbocycles. The fraction of sp³-hybridized carbons (Fsp3) is 0.400. The average molecular weight is 278 g/mol. The van der Waals surface area contributed by atoms with Crippen molar-refractivity contribution in [2.24, 2.45) is 0 Å². The van der Waals surface area contributed by atoms with Crippen LogP contribution in [-0.4, -0.2) is 9.78 Å². The molecule has 2 aromatic rings. The molecule has 1 N–H and O–H groups in total. The number of benzene rings is 1. The van der Waals surface area contributed by atoms with Crippen molar-refractivity contribution in [2.75, 3.05) is 0 Å². The highest BCUT2D eigenvalue weighted by Crippen LogP contribution is 2.15. The van der Waals surface area contributed by atoms with Gasteiger partial charge in [-0.15, -0.1) is 0 Å². The second-order valence-electron chi connectivity index (χ2n) is 5.66. The van der Waals surface area contributed by atoms with Gasteiger partial charge in [-0.05, 0) is 32.4 Å². The van der Waals surface area contributed by atoms with Crippen molar-refractivity contribution >= 4 is 11.6 Å². The fourth-order valence-electron chi connectivity index (χ4n) is 1.80. The second-order valence-corrected chi connectivity index (χ2v) is 6.07. The molecule has 1 heterocycles. The Kier molecular flexibility index (Phi) is 4.27. The molecule has 1 aromatic heterocycles. The molecular formula is C15H20ClN3. The number of nitrogens with zero attached hydrogens (tertiary/aromatic N) is 2. The van der Waals surface area contributed by atoms with Crippen molar-refractivity contribution in [3.63, 3.8) is 0 Å². The van der Waals surface area contributed by atoms with Gasteiger partial charge in [0.15, 0.2) is 0 Å². The van der Waals surface area contributed by atoms with E-state index in [9.17, 15) is 0 Å². The minimum Gasteiger partial charge on any atom is -0.308 e. The summed E-state index contributed by atoms with van der Waals surface area (Å²) in [6.07, 6.45) is 3.99. The molecular weight excluding hydrogens is 258 g/mol. The topological polar surface area (TPSA) is 29.9 Å². The molecule has 0 amide bonds. The molecule has 19 heavy (non-hydrogen) atoms. The molecule has 0 aliphatic heterocycles. The van der Waals surface area contributed by atoms with Gasteiger partial charge in [-0.1, -0.05) is 29.8 Å². The maximum atomic E-state index is 6.11. The quantitative estimate of drug-likeness (QED) is 0.926. The van der Waals surface area contributed by atoms with Crippen LogP contribution in [0.1, 0.15) is 31.9 Å². The Morgan fingerprint density at radius 3 is 2.58 bits per heavy atom. The molecule has 0 fully saturated rings. The highest BCUT2D eigenvalue weighted by Gasteiger charge is 2.13. The van der Waals surface area contributed by atoms with Gasteiger partial charge in [-0.2, -0.15) is 5.10 Å². The number of hydrogen-bond donors (Lipinski definition) is 1. The lowest BCUT2D eigenvalue weighted by atomic mass is 10.1. The number of halogens is 1. The first-order chi connectivity index (χ1) is 8.97. The zero-order valence-corrected chi connectivity index (χ0v) is 12.4. The third-order valence-corrected chi connectivity index (χ3v) is 3.29. The summed E-state index contributed by atoms with van der Waals surface area (Å²) >= 11 is 6.11. The van der Waals surface area contributed by atoms with Gasteiger partial charge in [0.2, 0.25) is 0 Å². The Morgan fingerprint density at radius 1 is 1.21 bits per heavy atom. The second kappa shape index (κ2) is 5.76. The lowest BCUT2D eigenvalue weighted by Gasteiger charge is -2.18. The van der Waals surface area contributed by atoms with E-state index in [1.807, 2.05) is 35.1 Å². The van der Waals surface area contributed by atoms with Crippen molar-refractivity contribution in [1.82, 2.24) is 15.1 Å². The molecule has 102 valence electrons. The zero-order valence-electron chi connectivity index (χ0n) is 11.7. The maximum absolute atomic E-state index is 6.11. The van der Waals surface area contributed by atoms with Crippen molar-refractivity contribution < 1.29 is 0 Å². The van der Waals surface area contributed by atoms with Gasteiger partial charge in [-0.3, -0.25) is 4.68 Å². The Labute approximate surface area is 119 Å². The average Bonchev–Trinajstić information content (AvgIpc) is 2.80. The summed E-state index contributed by atoms with van der Waals surface area (Å²) in [6, 6.07) is 7.89. The highest BCUT2D eigenvalue weighted by molar-refractivity contribution is 6.31. The normalized spacial score (nSPS) is 11.8. The molecule has 0 unspecified atom stereocenters. The van der Waals surface area contributed by atoms with Crippen LogP contribution in [0.2, 0.25) is 5.02 Å². The smallest absolute Gasteiger partial charge is 0.0543 e. The third kappa shape index (κ3) is 3.82. The summed E-state index contributed by atoms with van der Waals surface area (Å²) < 4.78 is 1.99. The largest absolute Gasteiger partial charge is 0.308 e. The summed E-state index contributed by atoms with van der Waals surface area (Å²) in [5, 5.41) is 8.57. The first-order valence-electron chi connectivity index (χ1n) is 6.45. The molecule has 0 aliphatic rings. The van der Waals surface area contributed by atoms with E-state index in [4.69, 9.17) is 11.6 Å². The third-order valence-electron chi connectivity index (χ3n) is 2.93. The molecule has 0 atom stereocenters. The van der Waals surface area contributed by atoms with Crippen LogP contribution in [0.3, 0.4) is 0 Å². The summed E-state index contributed by atoms with van der Waals surface area (Å²) in [7, 11) is 0. The van der Waals surface area contributed by atoms with Crippen molar-refractivity contribution in [3.05, 3.63) is 52.8 Å². The molecule has 0 radical (unpaired) electrons. The van der Waals surface area contributed by atoms with Gasteiger partial charge < -0.3 is 5.32 Å². The molecule has 0 saturated carbocycles. The highest BCUT2D eigenvalue weighted by atomic mass is 35.5. The zero-order chi connectivity index (χ0) is 13.9. The van der Waals surface area contributed by atoms with Crippen LogP contribution in [0.25, 0.3) is 0 Å². The van der Waals surface area contributed by atoms with Gasteiger partial charge in [0.25, 0.3) is 0 Å². The van der Waals surface area contributed by atoms with Crippen LogP contribution in [0.15, 0.2) is 36.7 Å². The Balaban J connectivity index is 1.90. The number of rotatable bonds is 4.